The van der Waals surface area contributed by atoms with Gasteiger partial charge in [0.1, 0.15) is 5.82 Å². The van der Waals surface area contributed by atoms with Crippen LogP contribution in [0.1, 0.15) is 24.0 Å². The molecule has 106 valence electrons. The number of nitrogens with one attached hydrogen (secondary N) is 1. The summed E-state index contributed by atoms with van der Waals surface area (Å²) in [6, 6.07) is 13.7. The van der Waals surface area contributed by atoms with Crippen LogP contribution in [-0.4, -0.2) is 13.6 Å². The van der Waals surface area contributed by atoms with Crippen molar-refractivity contribution in [1.82, 2.24) is 5.32 Å². The van der Waals surface area contributed by atoms with E-state index in [0.717, 1.165) is 42.5 Å². The third-order valence-electron chi connectivity index (χ3n) is 3.64. The standard InChI is InChI=1S/C18H22FN/c1-14-8-3-4-11-16(14)17-12-7-10-15(18(17)19)9-5-6-13-20-2/h3-4,7-8,10-12,20H,5-6,9,13H2,1-2H3. The predicted molar refractivity (Wildman–Crippen MR) is 83.4 cm³/mol. The number of halogens is 1. The lowest BCUT2D eigenvalue weighted by molar-refractivity contribution is 0.599. The van der Waals surface area contributed by atoms with E-state index in [0.29, 0.717) is 5.56 Å². The van der Waals surface area contributed by atoms with E-state index in [1.165, 1.54) is 0 Å². The average molecular weight is 271 g/mol. The molecule has 0 aliphatic rings. The first kappa shape index (κ1) is 14.7. The van der Waals surface area contributed by atoms with Gasteiger partial charge in [-0.05, 0) is 56.5 Å². The van der Waals surface area contributed by atoms with Crippen LogP contribution in [0.2, 0.25) is 0 Å². The summed E-state index contributed by atoms with van der Waals surface area (Å²) in [6.45, 7) is 3.01. The van der Waals surface area contributed by atoms with E-state index in [1.807, 2.05) is 56.4 Å². The molecule has 2 aromatic carbocycles. The molecule has 0 amide bonds. The van der Waals surface area contributed by atoms with Crippen molar-refractivity contribution in [2.45, 2.75) is 26.2 Å². The summed E-state index contributed by atoms with van der Waals surface area (Å²) in [4.78, 5) is 0. The number of hydrogen-bond acceptors (Lipinski definition) is 1. The van der Waals surface area contributed by atoms with E-state index in [2.05, 4.69) is 5.32 Å². The number of benzene rings is 2. The molecular weight excluding hydrogens is 249 g/mol. The van der Waals surface area contributed by atoms with Crippen molar-refractivity contribution >= 4 is 0 Å². The zero-order valence-corrected chi connectivity index (χ0v) is 12.2. The molecule has 2 aromatic rings. The van der Waals surface area contributed by atoms with Crippen molar-refractivity contribution in [2.24, 2.45) is 0 Å². The zero-order valence-electron chi connectivity index (χ0n) is 12.2. The topological polar surface area (TPSA) is 12.0 Å². The van der Waals surface area contributed by atoms with Gasteiger partial charge in [-0.2, -0.15) is 0 Å². The number of hydrogen-bond donors (Lipinski definition) is 1. The second kappa shape index (κ2) is 7.20. The van der Waals surface area contributed by atoms with Crippen LogP contribution in [0.25, 0.3) is 11.1 Å². The highest BCUT2D eigenvalue weighted by Gasteiger charge is 2.10. The van der Waals surface area contributed by atoms with Gasteiger partial charge in [-0.25, -0.2) is 4.39 Å². The van der Waals surface area contributed by atoms with Gasteiger partial charge >= 0.3 is 0 Å². The highest BCUT2D eigenvalue weighted by atomic mass is 19.1. The van der Waals surface area contributed by atoms with Crippen molar-refractivity contribution in [3.63, 3.8) is 0 Å². The fourth-order valence-corrected chi connectivity index (χ4v) is 2.47. The molecule has 0 heterocycles. The van der Waals surface area contributed by atoms with E-state index >= 15 is 0 Å². The van der Waals surface area contributed by atoms with Crippen molar-refractivity contribution in [2.75, 3.05) is 13.6 Å². The quantitative estimate of drug-likeness (QED) is 0.770. The zero-order chi connectivity index (χ0) is 14.4. The molecule has 0 fully saturated rings. The van der Waals surface area contributed by atoms with E-state index < -0.39 is 0 Å². The Kier molecular flexibility index (Phi) is 5.31. The van der Waals surface area contributed by atoms with Crippen LogP contribution >= 0.6 is 0 Å². The lowest BCUT2D eigenvalue weighted by atomic mass is 9.96. The Balaban J connectivity index is 2.21. The largest absolute Gasteiger partial charge is 0.320 e. The molecule has 0 aromatic heterocycles. The molecule has 0 bridgehead atoms. The molecule has 0 saturated carbocycles. The molecule has 0 aliphatic heterocycles. The lowest BCUT2D eigenvalue weighted by Gasteiger charge is -2.10. The molecule has 0 saturated heterocycles. The predicted octanol–water partition coefficient (Wildman–Crippen LogP) is 4.34. The number of rotatable bonds is 6. The maximum Gasteiger partial charge on any atom is 0.134 e. The molecule has 1 N–H and O–H groups in total. The Hall–Kier alpha value is -1.67. The molecule has 0 radical (unpaired) electrons. The Bertz CT molecular complexity index is 563. The van der Waals surface area contributed by atoms with E-state index in [4.69, 9.17) is 0 Å². The number of aryl methyl sites for hydroxylation is 2. The van der Waals surface area contributed by atoms with Crippen molar-refractivity contribution in [1.29, 1.82) is 0 Å². The first-order valence-electron chi connectivity index (χ1n) is 7.22. The van der Waals surface area contributed by atoms with E-state index in [1.54, 1.807) is 0 Å². The molecule has 20 heavy (non-hydrogen) atoms. The van der Waals surface area contributed by atoms with Crippen LogP contribution < -0.4 is 5.32 Å². The molecule has 0 unspecified atom stereocenters. The maximum absolute atomic E-state index is 14.6. The molecule has 0 spiro atoms. The van der Waals surface area contributed by atoms with Crippen LogP contribution in [0.3, 0.4) is 0 Å². The fourth-order valence-electron chi connectivity index (χ4n) is 2.47. The molecule has 2 rings (SSSR count). The normalized spacial score (nSPS) is 10.8. The monoisotopic (exact) mass is 271 g/mol. The first-order valence-corrected chi connectivity index (χ1v) is 7.22. The third kappa shape index (κ3) is 3.45. The summed E-state index contributed by atoms with van der Waals surface area (Å²) in [5.41, 5.74) is 3.64. The van der Waals surface area contributed by atoms with E-state index in [-0.39, 0.29) is 5.82 Å². The highest BCUT2D eigenvalue weighted by molar-refractivity contribution is 5.68. The molecule has 0 aliphatic carbocycles. The minimum atomic E-state index is -0.0637. The van der Waals surface area contributed by atoms with Crippen LogP contribution in [0.15, 0.2) is 42.5 Å². The van der Waals surface area contributed by atoms with Crippen molar-refractivity contribution in [3.8, 4) is 11.1 Å². The Morgan fingerprint density at radius 1 is 0.950 bits per heavy atom. The van der Waals surface area contributed by atoms with Crippen molar-refractivity contribution in [3.05, 3.63) is 59.4 Å². The smallest absolute Gasteiger partial charge is 0.134 e. The average Bonchev–Trinajstić information content (AvgIpc) is 2.46. The molecular formula is C18H22FN. The summed E-state index contributed by atoms with van der Waals surface area (Å²) in [5.74, 6) is -0.0637. The molecule has 0 atom stereocenters. The van der Waals surface area contributed by atoms with Crippen LogP contribution in [0, 0.1) is 12.7 Å². The van der Waals surface area contributed by atoms with Gasteiger partial charge in [-0.3, -0.25) is 0 Å². The minimum Gasteiger partial charge on any atom is -0.320 e. The van der Waals surface area contributed by atoms with Crippen molar-refractivity contribution < 1.29 is 4.39 Å². The van der Waals surface area contributed by atoms with Gasteiger partial charge in [0.15, 0.2) is 0 Å². The van der Waals surface area contributed by atoms with Gasteiger partial charge in [0.25, 0.3) is 0 Å². The first-order chi connectivity index (χ1) is 9.74. The SMILES string of the molecule is CNCCCCc1cccc(-c2ccccc2C)c1F. The lowest BCUT2D eigenvalue weighted by Crippen LogP contribution is -2.07. The highest BCUT2D eigenvalue weighted by Crippen LogP contribution is 2.28. The molecule has 2 heteroatoms. The fraction of sp³-hybridized carbons (Fsp3) is 0.333. The summed E-state index contributed by atoms with van der Waals surface area (Å²) in [7, 11) is 1.94. The maximum atomic E-state index is 14.6. The van der Waals surface area contributed by atoms with Crippen LogP contribution in [0.4, 0.5) is 4.39 Å². The van der Waals surface area contributed by atoms with Gasteiger partial charge in [0, 0.05) is 5.56 Å². The van der Waals surface area contributed by atoms with Gasteiger partial charge in [-0.15, -0.1) is 0 Å². The minimum absolute atomic E-state index is 0.0637. The summed E-state index contributed by atoms with van der Waals surface area (Å²) in [6.07, 6.45) is 2.88. The van der Waals surface area contributed by atoms with Gasteiger partial charge in [0.05, 0.1) is 0 Å². The summed E-state index contributed by atoms with van der Waals surface area (Å²) < 4.78 is 14.6. The second-order valence-corrected chi connectivity index (χ2v) is 5.15. The summed E-state index contributed by atoms with van der Waals surface area (Å²) >= 11 is 0. The molecule has 1 nitrogen and oxygen atoms in total. The van der Waals surface area contributed by atoms with Crippen LogP contribution in [-0.2, 0) is 6.42 Å². The third-order valence-corrected chi connectivity index (χ3v) is 3.64. The van der Waals surface area contributed by atoms with E-state index in [9.17, 15) is 4.39 Å². The Morgan fingerprint density at radius 3 is 2.45 bits per heavy atom. The summed E-state index contributed by atoms with van der Waals surface area (Å²) in [5, 5.41) is 3.12. The Morgan fingerprint density at radius 2 is 1.70 bits per heavy atom. The van der Waals surface area contributed by atoms with Gasteiger partial charge < -0.3 is 5.32 Å². The second-order valence-electron chi connectivity index (χ2n) is 5.15. The van der Waals surface area contributed by atoms with Crippen LogP contribution in [0.5, 0.6) is 0 Å². The number of unbranched alkanes of at least 4 members (excludes halogenated alkanes) is 1. The van der Waals surface area contributed by atoms with Gasteiger partial charge in [0.2, 0.25) is 0 Å². The Labute approximate surface area is 120 Å². The van der Waals surface area contributed by atoms with Gasteiger partial charge in [-0.1, -0.05) is 42.5 Å².